The molecule has 3 nitrogen and oxygen atoms in total. The van der Waals surface area contributed by atoms with Gasteiger partial charge in [0, 0.05) is 25.1 Å². The summed E-state index contributed by atoms with van der Waals surface area (Å²) in [7, 11) is 0. The van der Waals surface area contributed by atoms with Crippen molar-refractivity contribution in [1.29, 1.82) is 0 Å². The van der Waals surface area contributed by atoms with Crippen LogP contribution in [0.15, 0.2) is 42.5 Å². The van der Waals surface area contributed by atoms with Crippen molar-refractivity contribution >= 4 is 16.8 Å². The average molecular weight is 294 g/mol. The second-order valence-electron chi connectivity index (χ2n) is 6.37. The highest BCUT2D eigenvalue weighted by Crippen LogP contribution is 2.39. The van der Waals surface area contributed by atoms with Crippen LogP contribution in [0.25, 0.3) is 16.8 Å². The third kappa shape index (κ3) is 2.31. The zero-order valence-corrected chi connectivity index (χ0v) is 12.8. The summed E-state index contributed by atoms with van der Waals surface area (Å²) >= 11 is 0. The molecule has 0 radical (unpaired) electrons. The molecule has 4 rings (SSSR count). The first-order valence-electron chi connectivity index (χ1n) is 8.12. The van der Waals surface area contributed by atoms with Gasteiger partial charge in [-0.25, -0.2) is 0 Å². The molecule has 2 heterocycles. The van der Waals surface area contributed by atoms with Crippen molar-refractivity contribution < 1.29 is 4.74 Å². The van der Waals surface area contributed by atoms with Gasteiger partial charge in [0.25, 0.3) is 0 Å². The van der Waals surface area contributed by atoms with Crippen LogP contribution in [0.4, 0.5) is 0 Å². The Labute approximate surface area is 131 Å². The summed E-state index contributed by atoms with van der Waals surface area (Å²) in [5.41, 5.74) is 6.68. The van der Waals surface area contributed by atoms with Crippen molar-refractivity contribution in [3.05, 3.63) is 48.0 Å². The predicted molar refractivity (Wildman–Crippen MR) is 91.1 cm³/mol. The molecule has 2 aliphatic rings. The lowest BCUT2D eigenvalue weighted by molar-refractivity contribution is 0.123. The van der Waals surface area contributed by atoms with Crippen molar-refractivity contribution in [2.45, 2.75) is 18.4 Å². The number of benzene rings is 2. The van der Waals surface area contributed by atoms with Crippen molar-refractivity contribution in [3.63, 3.8) is 0 Å². The molecule has 2 N–H and O–H groups in total. The molecular formula is C19H22N2O. The molecule has 2 aromatic rings. The van der Waals surface area contributed by atoms with Gasteiger partial charge in [0.15, 0.2) is 0 Å². The van der Waals surface area contributed by atoms with Gasteiger partial charge in [0.1, 0.15) is 11.4 Å². The molecule has 0 saturated carbocycles. The fourth-order valence-electron chi connectivity index (χ4n) is 3.63. The summed E-state index contributed by atoms with van der Waals surface area (Å²) < 4.78 is 6.44. The highest BCUT2D eigenvalue weighted by atomic mass is 16.5. The lowest BCUT2D eigenvalue weighted by atomic mass is 9.94. The number of rotatable bonds is 3. The van der Waals surface area contributed by atoms with Gasteiger partial charge in [-0.1, -0.05) is 36.4 Å². The Morgan fingerprint density at radius 3 is 3.00 bits per heavy atom. The fraction of sp³-hybridized carbons (Fsp3) is 0.368. The molecule has 1 atom stereocenters. The molecule has 1 saturated heterocycles. The van der Waals surface area contributed by atoms with Gasteiger partial charge < -0.3 is 10.5 Å². The molecular weight excluding hydrogens is 272 g/mol. The van der Waals surface area contributed by atoms with Gasteiger partial charge in [0.2, 0.25) is 0 Å². The summed E-state index contributed by atoms with van der Waals surface area (Å²) in [6.45, 7) is 3.89. The van der Waals surface area contributed by atoms with E-state index in [1.807, 2.05) is 0 Å². The van der Waals surface area contributed by atoms with Crippen LogP contribution in [0.2, 0.25) is 0 Å². The van der Waals surface area contributed by atoms with Crippen LogP contribution in [0, 0.1) is 0 Å². The summed E-state index contributed by atoms with van der Waals surface area (Å²) in [6.07, 6.45) is 6.64. The van der Waals surface area contributed by atoms with Crippen LogP contribution in [0.3, 0.4) is 0 Å². The van der Waals surface area contributed by atoms with Gasteiger partial charge in [-0.05, 0) is 42.4 Å². The summed E-state index contributed by atoms with van der Waals surface area (Å²) in [4.78, 5) is 2.46. The normalized spacial score (nSPS) is 23.9. The van der Waals surface area contributed by atoms with Gasteiger partial charge in [-0.2, -0.15) is 0 Å². The molecule has 1 fully saturated rings. The zero-order chi connectivity index (χ0) is 15.0. The standard InChI is InChI=1S/C19H22N2O/c20-11-3-12-21-13-10-19(14-21)9-8-17-16-5-2-1-4-15(16)6-7-18(17)22-19/h1-2,4-9H,3,10-14,20H2. The molecule has 2 aliphatic heterocycles. The van der Waals surface area contributed by atoms with E-state index < -0.39 is 0 Å². The highest BCUT2D eigenvalue weighted by Gasteiger charge is 2.39. The van der Waals surface area contributed by atoms with E-state index in [9.17, 15) is 0 Å². The first kappa shape index (κ1) is 13.8. The van der Waals surface area contributed by atoms with E-state index in [2.05, 4.69) is 53.5 Å². The lowest BCUT2D eigenvalue weighted by Gasteiger charge is -2.32. The maximum Gasteiger partial charge on any atom is 0.141 e. The first-order valence-corrected chi connectivity index (χ1v) is 8.12. The van der Waals surface area contributed by atoms with E-state index in [0.29, 0.717) is 0 Å². The van der Waals surface area contributed by atoms with Crippen molar-refractivity contribution in [3.8, 4) is 5.75 Å². The summed E-state index contributed by atoms with van der Waals surface area (Å²) in [6, 6.07) is 12.8. The van der Waals surface area contributed by atoms with Gasteiger partial charge in [-0.3, -0.25) is 4.90 Å². The molecule has 22 heavy (non-hydrogen) atoms. The Balaban J connectivity index is 1.63. The Bertz CT molecular complexity index is 724. The number of nitrogens with zero attached hydrogens (tertiary/aromatic N) is 1. The van der Waals surface area contributed by atoms with E-state index in [-0.39, 0.29) is 5.60 Å². The fourth-order valence-corrected chi connectivity index (χ4v) is 3.63. The van der Waals surface area contributed by atoms with Crippen LogP contribution >= 0.6 is 0 Å². The van der Waals surface area contributed by atoms with Crippen LogP contribution in [-0.2, 0) is 0 Å². The number of hydrogen-bond acceptors (Lipinski definition) is 3. The number of nitrogens with two attached hydrogens (primary N) is 1. The maximum atomic E-state index is 6.44. The minimum atomic E-state index is -0.149. The lowest BCUT2D eigenvalue weighted by Crippen LogP contribution is -2.39. The second kappa shape index (κ2) is 5.41. The highest BCUT2D eigenvalue weighted by molar-refractivity contribution is 5.93. The molecule has 1 unspecified atom stereocenters. The molecule has 3 heteroatoms. The Morgan fingerprint density at radius 1 is 1.18 bits per heavy atom. The van der Waals surface area contributed by atoms with Gasteiger partial charge in [-0.15, -0.1) is 0 Å². The maximum absolute atomic E-state index is 6.44. The number of hydrogen-bond donors (Lipinski definition) is 1. The van der Waals surface area contributed by atoms with Gasteiger partial charge >= 0.3 is 0 Å². The predicted octanol–water partition coefficient (Wildman–Crippen LogP) is 3.04. The Morgan fingerprint density at radius 2 is 2.09 bits per heavy atom. The third-order valence-corrected chi connectivity index (χ3v) is 4.82. The molecule has 1 spiro atoms. The van der Waals surface area contributed by atoms with E-state index in [0.717, 1.165) is 44.8 Å². The third-order valence-electron chi connectivity index (χ3n) is 4.82. The van der Waals surface area contributed by atoms with Crippen molar-refractivity contribution in [2.24, 2.45) is 5.73 Å². The molecule has 114 valence electrons. The second-order valence-corrected chi connectivity index (χ2v) is 6.37. The summed E-state index contributed by atoms with van der Waals surface area (Å²) in [5.74, 6) is 1.02. The van der Waals surface area contributed by atoms with Crippen LogP contribution in [-0.4, -0.2) is 36.7 Å². The quantitative estimate of drug-likeness (QED) is 0.945. The molecule has 0 amide bonds. The monoisotopic (exact) mass is 294 g/mol. The number of ether oxygens (including phenoxy) is 1. The van der Waals surface area contributed by atoms with Crippen LogP contribution < -0.4 is 10.5 Å². The Kier molecular flexibility index (Phi) is 3.40. The SMILES string of the molecule is NCCCN1CCC2(C=Cc3c(ccc4ccccc34)O2)C1. The van der Waals surface area contributed by atoms with Crippen LogP contribution in [0.1, 0.15) is 18.4 Å². The summed E-state index contributed by atoms with van der Waals surface area (Å²) in [5, 5.41) is 2.53. The van der Waals surface area contributed by atoms with E-state index >= 15 is 0 Å². The molecule has 0 aliphatic carbocycles. The van der Waals surface area contributed by atoms with E-state index in [4.69, 9.17) is 10.5 Å². The average Bonchev–Trinajstić information content (AvgIpc) is 2.95. The largest absolute Gasteiger partial charge is 0.481 e. The van der Waals surface area contributed by atoms with Gasteiger partial charge in [0.05, 0.1) is 0 Å². The topological polar surface area (TPSA) is 38.5 Å². The van der Waals surface area contributed by atoms with Crippen LogP contribution in [0.5, 0.6) is 5.75 Å². The zero-order valence-electron chi connectivity index (χ0n) is 12.8. The minimum absolute atomic E-state index is 0.149. The number of likely N-dealkylation sites (tertiary alicyclic amines) is 1. The Hall–Kier alpha value is -1.84. The minimum Gasteiger partial charge on any atom is -0.481 e. The molecule has 2 aromatic carbocycles. The van der Waals surface area contributed by atoms with E-state index in [1.165, 1.54) is 16.3 Å². The van der Waals surface area contributed by atoms with E-state index in [1.54, 1.807) is 0 Å². The van der Waals surface area contributed by atoms with Crippen molar-refractivity contribution in [1.82, 2.24) is 4.90 Å². The smallest absolute Gasteiger partial charge is 0.141 e. The molecule has 0 aromatic heterocycles. The number of fused-ring (bicyclic) bond motifs is 3. The first-order chi connectivity index (χ1) is 10.8. The molecule has 0 bridgehead atoms. The van der Waals surface area contributed by atoms with Crippen molar-refractivity contribution in [2.75, 3.05) is 26.2 Å².